The van der Waals surface area contributed by atoms with Gasteiger partial charge in [0.1, 0.15) is 28.8 Å². The lowest BCUT2D eigenvalue weighted by molar-refractivity contribution is -0.314. The zero-order valence-electron chi connectivity index (χ0n) is 29.4. The second kappa shape index (κ2) is 10.5. The first-order valence-corrected chi connectivity index (χ1v) is 17.2. The monoisotopic (exact) mass is 720 g/mol. The van der Waals surface area contributed by atoms with Gasteiger partial charge in [-0.3, -0.25) is 9.59 Å². The Kier molecular flexibility index (Phi) is 7.20. The molecule has 2 unspecified atom stereocenters. The number of carbonyl (C=O) groups is 4. The highest BCUT2D eigenvalue weighted by Gasteiger charge is 2.97. The van der Waals surface area contributed by atoms with Gasteiger partial charge in [-0.1, -0.05) is 13.0 Å². The Morgan fingerprint density at radius 2 is 1.67 bits per heavy atom. The van der Waals surface area contributed by atoms with E-state index in [0.29, 0.717) is 0 Å². The van der Waals surface area contributed by atoms with Gasteiger partial charge in [-0.25, -0.2) is 9.59 Å². The van der Waals surface area contributed by atoms with Gasteiger partial charge in [0.25, 0.3) is 5.79 Å². The molecule has 0 aromatic rings. The largest absolute Gasteiger partial charge is 0.469 e. The van der Waals surface area contributed by atoms with E-state index in [1.807, 2.05) is 0 Å². The maximum Gasteiger partial charge on any atom is 0.366 e. The van der Waals surface area contributed by atoms with E-state index in [9.17, 15) is 34.5 Å². The minimum Gasteiger partial charge on any atom is -0.469 e. The highest BCUT2D eigenvalue weighted by molar-refractivity contribution is 5.88. The highest BCUT2D eigenvalue weighted by Crippen LogP contribution is 2.83. The summed E-state index contributed by atoms with van der Waals surface area (Å²) in [4.78, 5) is 54.4. The summed E-state index contributed by atoms with van der Waals surface area (Å²) in [5.74, 6) is -9.76. The molecule has 1 spiro atoms. The van der Waals surface area contributed by atoms with Gasteiger partial charge in [-0.05, 0) is 33.3 Å². The van der Waals surface area contributed by atoms with Crippen molar-refractivity contribution in [3.8, 4) is 0 Å². The summed E-state index contributed by atoms with van der Waals surface area (Å²) in [5.41, 5.74) is -9.47. The topological polar surface area (TPSA) is 215 Å². The van der Waals surface area contributed by atoms with Gasteiger partial charge in [0.15, 0.2) is 5.60 Å². The van der Waals surface area contributed by atoms with Crippen LogP contribution in [0.3, 0.4) is 0 Å². The van der Waals surface area contributed by atoms with E-state index in [1.54, 1.807) is 33.8 Å². The first-order valence-electron chi connectivity index (χ1n) is 17.2. The highest BCUT2D eigenvalue weighted by atomic mass is 16.7. The van der Waals surface area contributed by atoms with Crippen LogP contribution in [-0.2, 0) is 61.8 Å². The summed E-state index contributed by atoms with van der Waals surface area (Å²) >= 11 is 0. The number of epoxide rings is 1. The minimum atomic E-state index is -2.82. The van der Waals surface area contributed by atoms with E-state index < -0.39 is 130 Å². The molecule has 0 radical (unpaired) electrons. The van der Waals surface area contributed by atoms with Gasteiger partial charge in [0.05, 0.1) is 52.0 Å². The number of aliphatic hydroxyl groups is 3. The zero-order valence-corrected chi connectivity index (χ0v) is 29.4. The molecule has 16 atom stereocenters. The number of esters is 4. The van der Waals surface area contributed by atoms with Crippen molar-refractivity contribution < 1.29 is 77.1 Å². The maximum absolute atomic E-state index is 14.2. The molecule has 4 saturated heterocycles. The van der Waals surface area contributed by atoms with Crippen LogP contribution in [0.25, 0.3) is 0 Å². The number of aliphatic hydroxyl groups excluding tert-OH is 1. The van der Waals surface area contributed by atoms with Crippen LogP contribution in [0, 0.1) is 34.0 Å². The van der Waals surface area contributed by atoms with Crippen LogP contribution in [0.1, 0.15) is 47.5 Å². The maximum atomic E-state index is 14.2. The average molecular weight is 721 g/mol. The second-order valence-corrected chi connectivity index (χ2v) is 15.8. The Morgan fingerprint density at radius 3 is 2.31 bits per heavy atom. The molecular weight excluding hydrogens is 676 g/mol. The van der Waals surface area contributed by atoms with Crippen molar-refractivity contribution in [3.63, 3.8) is 0 Å². The van der Waals surface area contributed by atoms with E-state index in [0.717, 1.165) is 14.2 Å². The van der Waals surface area contributed by atoms with Crippen molar-refractivity contribution >= 4 is 23.9 Å². The van der Waals surface area contributed by atoms with E-state index in [1.165, 1.54) is 19.3 Å². The molecule has 2 bridgehead atoms. The molecular formula is C35H44O16. The first-order chi connectivity index (χ1) is 23.9. The molecule has 280 valence electrons. The Balaban J connectivity index is 1.40. The number of fused-ring (bicyclic) bond motifs is 7. The van der Waals surface area contributed by atoms with Gasteiger partial charge in [-0.2, -0.15) is 0 Å². The van der Waals surface area contributed by atoms with Crippen LogP contribution in [0.5, 0.6) is 0 Å². The lowest BCUT2D eigenvalue weighted by atomic mass is 9.37. The third kappa shape index (κ3) is 3.65. The van der Waals surface area contributed by atoms with Gasteiger partial charge < -0.3 is 58.0 Å². The van der Waals surface area contributed by atoms with Gasteiger partial charge in [0, 0.05) is 47.5 Å². The molecule has 0 aromatic heterocycles. The summed E-state index contributed by atoms with van der Waals surface area (Å²) in [5, 5.41) is 37.4. The lowest BCUT2D eigenvalue weighted by Crippen LogP contribution is -2.79. The number of ether oxygens (including phenoxy) is 9. The van der Waals surface area contributed by atoms with Crippen LogP contribution in [0.15, 0.2) is 24.0 Å². The molecule has 0 aromatic carbocycles. The third-order valence-corrected chi connectivity index (χ3v) is 14.1. The first kappa shape index (κ1) is 34.9. The van der Waals surface area contributed by atoms with Gasteiger partial charge in [0.2, 0.25) is 6.29 Å². The van der Waals surface area contributed by atoms with Gasteiger partial charge >= 0.3 is 23.9 Å². The van der Waals surface area contributed by atoms with Crippen molar-refractivity contribution in [2.75, 3.05) is 27.4 Å². The smallest absolute Gasteiger partial charge is 0.366 e. The molecule has 51 heavy (non-hydrogen) atoms. The fraction of sp³-hybridized carbons (Fsp3) is 0.771. The standard InChI is InChI=1S/C35H44O16/c1-8-15(2)24(38)49-18-12-19(48-16(3)36)32(26(39)43-6)13-46-21-22(32)31(18)14-47-34(42,27(40)44-7)25(31)29(4,23(21)37)35-20-11-17(30(35,5)51-35)33(41)9-10-45-28(33)50-20/h8-10,17-23,25,28,37,41-42H,11-14H2,1-7H3/b15-8+/t17-,18+,19+,20?,21+,22-,23+,25+,28-,29+,30-,31?,32-,33-,34-,35-/m0/s1. The summed E-state index contributed by atoms with van der Waals surface area (Å²) in [6.45, 7) is 6.88. The predicted molar refractivity (Wildman–Crippen MR) is 164 cm³/mol. The number of hydrogen-bond acceptors (Lipinski definition) is 16. The molecule has 0 amide bonds. The molecule has 7 fully saturated rings. The fourth-order valence-corrected chi connectivity index (χ4v) is 12.2. The van der Waals surface area contributed by atoms with E-state index in [-0.39, 0.29) is 18.4 Å². The predicted octanol–water partition coefficient (Wildman–Crippen LogP) is -0.203. The Hall–Kier alpha value is -3.12. The van der Waals surface area contributed by atoms with Crippen molar-refractivity contribution in [2.24, 2.45) is 34.0 Å². The summed E-state index contributed by atoms with van der Waals surface area (Å²) in [6, 6.07) is 0. The molecule has 3 N–H and O–H groups in total. The number of methoxy groups -OCH3 is 2. The molecule has 8 aliphatic rings. The van der Waals surface area contributed by atoms with E-state index in [4.69, 9.17) is 42.6 Å². The third-order valence-electron chi connectivity index (χ3n) is 14.1. The minimum absolute atomic E-state index is 0.235. The van der Waals surface area contributed by atoms with Crippen LogP contribution >= 0.6 is 0 Å². The molecule has 5 heterocycles. The van der Waals surface area contributed by atoms with Crippen LogP contribution in [-0.4, -0.2) is 126 Å². The van der Waals surface area contributed by atoms with Crippen molar-refractivity contribution in [3.05, 3.63) is 24.0 Å². The normalized spacial score (nSPS) is 53.9. The van der Waals surface area contributed by atoms with Crippen LogP contribution < -0.4 is 0 Å². The Morgan fingerprint density at radius 1 is 0.961 bits per heavy atom. The van der Waals surface area contributed by atoms with E-state index in [2.05, 4.69) is 0 Å². The quantitative estimate of drug-likeness (QED) is 0.140. The van der Waals surface area contributed by atoms with Crippen molar-refractivity contribution in [2.45, 2.75) is 107 Å². The summed E-state index contributed by atoms with van der Waals surface area (Å²) < 4.78 is 54.0. The summed E-state index contributed by atoms with van der Waals surface area (Å²) in [6.07, 6.45) is -3.11. The van der Waals surface area contributed by atoms with Crippen LogP contribution in [0.4, 0.5) is 0 Å². The SMILES string of the molecule is C/C=C(\C)C(=O)O[C@@H]1C[C@@H](OC(C)=O)[C@@]2(C(=O)OC)CO[C@H]3[C@@H](O)[C@@](C)([C@]45O[C@@]4(C)[C@@H]4CC5O[C@@H]5OC=C[C@@]54O)[C@@H]4C1(CO[C@]4(O)C(=O)OC)[C@H]32. The lowest BCUT2D eigenvalue weighted by Gasteiger charge is -2.65. The molecule has 3 saturated carbocycles. The van der Waals surface area contributed by atoms with Crippen molar-refractivity contribution in [1.29, 1.82) is 0 Å². The van der Waals surface area contributed by atoms with Crippen LogP contribution in [0.2, 0.25) is 0 Å². The Labute approximate surface area is 293 Å². The molecule has 8 rings (SSSR count). The molecule has 3 aliphatic carbocycles. The van der Waals surface area contributed by atoms with Crippen molar-refractivity contribution in [1.82, 2.24) is 0 Å². The fourth-order valence-electron chi connectivity index (χ4n) is 12.2. The number of rotatable bonds is 6. The Bertz CT molecular complexity index is 1660. The molecule has 16 nitrogen and oxygen atoms in total. The molecule has 16 heteroatoms. The van der Waals surface area contributed by atoms with Gasteiger partial charge in [-0.15, -0.1) is 0 Å². The molecule has 5 aliphatic heterocycles. The summed E-state index contributed by atoms with van der Waals surface area (Å²) in [7, 11) is 2.23. The second-order valence-electron chi connectivity index (χ2n) is 15.8. The van der Waals surface area contributed by atoms with E-state index >= 15 is 0 Å². The number of hydrogen-bond donors (Lipinski definition) is 3. The average Bonchev–Trinajstić information content (AvgIpc) is 3.47. The zero-order chi connectivity index (χ0) is 36.9. The number of carbonyl (C=O) groups excluding carboxylic acids is 4. The number of allylic oxidation sites excluding steroid dienone is 1.